The number of carbonyl (C=O) groups is 1. The lowest BCUT2D eigenvalue weighted by Crippen LogP contribution is -2.27. The Morgan fingerprint density at radius 3 is 2.39 bits per heavy atom. The third kappa shape index (κ3) is 7.13. The zero-order valence-corrected chi connectivity index (χ0v) is 19.1. The molecule has 0 aliphatic carbocycles. The van der Waals surface area contributed by atoms with Crippen molar-refractivity contribution in [3.05, 3.63) is 36.3 Å². The van der Waals surface area contributed by atoms with Crippen LogP contribution < -0.4 is 5.32 Å². The Kier molecular flexibility index (Phi) is 7.06. The first kappa shape index (κ1) is 22.2. The van der Waals surface area contributed by atoms with E-state index in [0.717, 1.165) is 29.6 Å². The van der Waals surface area contributed by atoms with Crippen LogP contribution in [0.5, 0.6) is 0 Å². The summed E-state index contributed by atoms with van der Waals surface area (Å²) in [5.41, 5.74) is 3.13. The number of nitrogens with zero attached hydrogens (tertiary/aromatic N) is 2. The monoisotopic (exact) mass is 403 g/mol. The lowest BCUT2D eigenvalue weighted by Gasteiger charge is -2.19. The summed E-state index contributed by atoms with van der Waals surface area (Å²) in [5.74, 6) is 0. The minimum atomic E-state index is -1.08. The van der Waals surface area contributed by atoms with E-state index in [2.05, 4.69) is 29.9 Å². The van der Waals surface area contributed by atoms with Gasteiger partial charge < -0.3 is 14.0 Å². The van der Waals surface area contributed by atoms with Gasteiger partial charge in [0.25, 0.3) is 0 Å². The molecule has 1 amide bonds. The van der Waals surface area contributed by atoms with Crippen LogP contribution in [-0.4, -0.2) is 35.9 Å². The standard InChI is InChI=1S/C21H33N3O3Si/c1-16-19(22-14-24(16)15-26-12-13-28(5,6)7)17-8-10-18(11-9-17)23-20(25)27-21(2,3)4/h8-11,14H,12-13,15H2,1-7H3,(H,23,25). The molecule has 0 spiro atoms. The molecule has 0 bridgehead atoms. The molecule has 0 aliphatic rings. The molecule has 1 heterocycles. The van der Waals surface area contributed by atoms with Gasteiger partial charge in [-0.3, -0.25) is 5.32 Å². The number of hydrogen-bond donors (Lipinski definition) is 1. The second-order valence-electron chi connectivity index (χ2n) is 9.20. The summed E-state index contributed by atoms with van der Waals surface area (Å²) in [7, 11) is -1.08. The first-order valence-electron chi connectivity index (χ1n) is 9.64. The van der Waals surface area contributed by atoms with E-state index in [-0.39, 0.29) is 0 Å². The topological polar surface area (TPSA) is 65.4 Å². The van der Waals surface area contributed by atoms with Gasteiger partial charge in [-0.05, 0) is 45.9 Å². The highest BCUT2D eigenvalue weighted by atomic mass is 28.3. The number of imidazole rings is 1. The van der Waals surface area contributed by atoms with Crippen LogP contribution in [-0.2, 0) is 16.2 Å². The molecule has 0 radical (unpaired) electrons. The molecular weight excluding hydrogens is 370 g/mol. The summed E-state index contributed by atoms with van der Waals surface area (Å²) < 4.78 is 13.1. The van der Waals surface area contributed by atoms with Gasteiger partial charge in [0, 0.05) is 31.6 Å². The molecule has 1 N–H and O–H groups in total. The van der Waals surface area contributed by atoms with Crippen molar-refractivity contribution in [2.75, 3.05) is 11.9 Å². The molecule has 0 fully saturated rings. The van der Waals surface area contributed by atoms with Crippen molar-refractivity contribution in [3.8, 4) is 11.3 Å². The number of benzene rings is 1. The molecule has 154 valence electrons. The minimum absolute atomic E-state index is 0.462. The van der Waals surface area contributed by atoms with Gasteiger partial charge in [0.05, 0.1) is 12.0 Å². The van der Waals surface area contributed by atoms with Gasteiger partial charge in [-0.15, -0.1) is 0 Å². The number of nitrogens with one attached hydrogen (secondary N) is 1. The molecule has 7 heteroatoms. The van der Waals surface area contributed by atoms with Gasteiger partial charge in [-0.2, -0.15) is 0 Å². The van der Waals surface area contributed by atoms with Crippen LogP contribution in [0.3, 0.4) is 0 Å². The van der Waals surface area contributed by atoms with Crippen LogP contribution >= 0.6 is 0 Å². The maximum atomic E-state index is 11.9. The maximum Gasteiger partial charge on any atom is 0.412 e. The van der Waals surface area contributed by atoms with Crippen LogP contribution in [0.1, 0.15) is 26.5 Å². The highest BCUT2D eigenvalue weighted by Gasteiger charge is 2.16. The van der Waals surface area contributed by atoms with Crippen molar-refractivity contribution in [3.63, 3.8) is 0 Å². The van der Waals surface area contributed by atoms with E-state index < -0.39 is 19.8 Å². The zero-order chi connectivity index (χ0) is 20.9. The second-order valence-corrected chi connectivity index (χ2v) is 14.8. The van der Waals surface area contributed by atoms with E-state index in [1.165, 1.54) is 0 Å². The number of rotatable bonds is 7. The van der Waals surface area contributed by atoms with Crippen LogP contribution in [0.25, 0.3) is 11.3 Å². The zero-order valence-electron chi connectivity index (χ0n) is 18.1. The van der Waals surface area contributed by atoms with Gasteiger partial charge in [0.15, 0.2) is 0 Å². The number of aromatic nitrogens is 2. The highest BCUT2D eigenvalue weighted by molar-refractivity contribution is 6.76. The molecule has 0 saturated heterocycles. The molecule has 2 rings (SSSR count). The lowest BCUT2D eigenvalue weighted by molar-refractivity contribution is 0.0636. The van der Waals surface area contributed by atoms with Crippen LogP contribution in [0.2, 0.25) is 25.7 Å². The maximum absolute atomic E-state index is 11.9. The molecule has 0 atom stereocenters. The van der Waals surface area contributed by atoms with Gasteiger partial charge >= 0.3 is 6.09 Å². The highest BCUT2D eigenvalue weighted by Crippen LogP contribution is 2.24. The number of amides is 1. The van der Waals surface area contributed by atoms with Crippen molar-refractivity contribution in [1.29, 1.82) is 0 Å². The minimum Gasteiger partial charge on any atom is -0.444 e. The number of hydrogen-bond acceptors (Lipinski definition) is 4. The summed E-state index contributed by atoms with van der Waals surface area (Å²) in [6, 6.07) is 8.74. The van der Waals surface area contributed by atoms with Crippen molar-refractivity contribution < 1.29 is 14.3 Å². The first-order chi connectivity index (χ1) is 12.9. The normalized spacial score (nSPS) is 12.1. The third-order valence-corrected chi connectivity index (χ3v) is 5.83. The Morgan fingerprint density at radius 2 is 1.82 bits per heavy atom. The Bertz CT molecular complexity index is 787. The Labute approximate surface area is 169 Å². The average molecular weight is 404 g/mol. The summed E-state index contributed by atoms with van der Waals surface area (Å²) in [6.45, 7) is 15.9. The van der Waals surface area contributed by atoms with Gasteiger partial charge in [0.2, 0.25) is 0 Å². The van der Waals surface area contributed by atoms with Gasteiger partial charge in [-0.1, -0.05) is 31.8 Å². The smallest absolute Gasteiger partial charge is 0.412 e. The molecule has 0 saturated carbocycles. The van der Waals surface area contributed by atoms with Crippen LogP contribution in [0, 0.1) is 6.92 Å². The molecular formula is C21H33N3O3Si. The molecule has 0 aliphatic heterocycles. The van der Waals surface area contributed by atoms with Gasteiger partial charge in [0.1, 0.15) is 12.3 Å². The summed E-state index contributed by atoms with van der Waals surface area (Å²) in [4.78, 5) is 16.4. The van der Waals surface area contributed by atoms with Crippen LogP contribution in [0.15, 0.2) is 30.6 Å². The molecule has 2 aromatic rings. The van der Waals surface area contributed by atoms with E-state index in [4.69, 9.17) is 9.47 Å². The molecule has 6 nitrogen and oxygen atoms in total. The second kappa shape index (κ2) is 8.92. The summed E-state index contributed by atoms with van der Waals surface area (Å²) in [5, 5.41) is 2.74. The predicted octanol–water partition coefficient (Wildman–Crippen LogP) is 5.52. The Morgan fingerprint density at radius 1 is 1.18 bits per heavy atom. The quantitative estimate of drug-likeness (QED) is 0.488. The summed E-state index contributed by atoms with van der Waals surface area (Å²) >= 11 is 0. The van der Waals surface area contributed by atoms with E-state index >= 15 is 0 Å². The lowest BCUT2D eigenvalue weighted by atomic mass is 10.1. The number of ether oxygens (including phenoxy) is 2. The molecule has 1 aromatic heterocycles. The van der Waals surface area contributed by atoms with E-state index in [0.29, 0.717) is 12.4 Å². The Balaban J connectivity index is 1.97. The molecule has 28 heavy (non-hydrogen) atoms. The van der Waals surface area contributed by atoms with Crippen molar-refractivity contribution >= 4 is 19.9 Å². The fourth-order valence-corrected chi connectivity index (χ4v) is 3.29. The SMILES string of the molecule is Cc1c(-c2ccc(NC(=O)OC(C)(C)C)cc2)ncn1COCC[Si](C)(C)C. The first-order valence-corrected chi connectivity index (χ1v) is 13.4. The van der Waals surface area contributed by atoms with E-state index in [1.54, 1.807) is 0 Å². The number of carbonyl (C=O) groups excluding carboxylic acids is 1. The van der Waals surface area contributed by atoms with E-state index in [9.17, 15) is 4.79 Å². The van der Waals surface area contributed by atoms with Crippen LogP contribution in [0.4, 0.5) is 10.5 Å². The van der Waals surface area contributed by atoms with Gasteiger partial charge in [-0.25, -0.2) is 9.78 Å². The number of anilines is 1. The third-order valence-electron chi connectivity index (χ3n) is 4.13. The average Bonchev–Trinajstić information content (AvgIpc) is 2.90. The van der Waals surface area contributed by atoms with Crippen molar-refractivity contribution in [1.82, 2.24) is 9.55 Å². The van der Waals surface area contributed by atoms with Crippen molar-refractivity contribution in [2.45, 2.75) is 65.7 Å². The largest absolute Gasteiger partial charge is 0.444 e. The van der Waals surface area contributed by atoms with E-state index in [1.807, 2.05) is 62.9 Å². The molecule has 0 unspecified atom stereocenters. The fraction of sp³-hybridized carbons (Fsp3) is 0.524. The fourth-order valence-electron chi connectivity index (χ4n) is 2.53. The molecule has 1 aromatic carbocycles. The van der Waals surface area contributed by atoms with Crippen molar-refractivity contribution in [2.24, 2.45) is 0 Å². The summed E-state index contributed by atoms with van der Waals surface area (Å²) in [6.07, 6.45) is 1.35. The Hall–Kier alpha value is -2.12. The predicted molar refractivity (Wildman–Crippen MR) is 116 cm³/mol.